The van der Waals surface area contributed by atoms with E-state index in [-0.39, 0.29) is 12.4 Å². The van der Waals surface area contributed by atoms with Gasteiger partial charge in [-0.2, -0.15) is 5.10 Å². The van der Waals surface area contributed by atoms with E-state index in [9.17, 15) is 0 Å². The molecule has 0 bridgehead atoms. The summed E-state index contributed by atoms with van der Waals surface area (Å²) in [5, 5.41) is 7.96. The van der Waals surface area contributed by atoms with Crippen LogP contribution < -0.4 is 10.7 Å². The second-order valence-electron chi connectivity index (χ2n) is 3.85. The van der Waals surface area contributed by atoms with Crippen LogP contribution in [-0.2, 0) is 0 Å². The maximum atomic E-state index is 6.09. The van der Waals surface area contributed by atoms with Crippen molar-refractivity contribution in [2.24, 2.45) is 10.1 Å². The molecule has 0 aromatic heterocycles. The highest BCUT2D eigenvalue weighted by Crippen LogP contribution is 2.16. The molecule has 0 spiro atoms. The van der Waals surface area contributed by atoms with Crippen LogP contribution in [0.2, 0.25) is 5.02 Å². The number of nitrogens with zero attached hydrogens (tertiary/aromatic N) is 2. The van der Waals surface area contributed by atoms with Crippen molar-refractivity contribution in [1.29, 1.82) is 0 Å². The molecule has 0 amide bonds. The molecule has 0 saturated heterocycles. The predicted molar refractivity (Wildman–Crippen MR) is 79.1 cm³/mol. The SMILES string of the molecule is Cc1cccc(Cl)c1C=NNC1=NCCCN1.Cl. The van der Waals surface area contributed by atoms with Gasteiger partial charge in [-0.15, -0.1) is 12.4 Å². The van der Waals surface area contributed by atoms with Gasteiger partial charge in [0.15, 0.2) is 0 Å². The average Bonchev–Trinajstić information content (AvgIpc) is 2.34. The first-order valence-corrected chi connectivity index (χ1v) is 5.97. The van der Waals surface area contributed by atoms with Crippen LogP contribution in [0.1, 0.15) is 17.5 Å². The topological polar surface area (TPSA) is 48.8 Å². The van der Waals surface area contributed by atoms with E-state index in [1.807, 2.05) is 25.1 Å². The van der Waals surface area contributed by atoms with E-state index in [0.717, 1.165) is 36.6 Å². The maximum Gasteiger partial charge on any atom is 0.212 e. The molecule has 0 fully saturated rings. The highest BCUT2D eigenvalue weighted by Gasteiger charge is 2.02. The zero-order valence-corrected chi connectivity index (χ0v) is 11.7. The Hall–Kier alpha value is -1.26. The van der Waals surface area contributed by atoms with E-state index in [0.29, 0.717) is 5.02 Å². The molecule has 2 rings (SSSR count). The second-order valence-corrected chi connectivity index (χ2v) is 4.26. The lowest BCUT2D eigenvalue weighted by atomic mass is 10.1. The third-order valence-corrected chi connectivity index (χ3v) is 2.86. The summed E-state index contributed by atoms with van der Waals surface area (Å²) in [6.07, 6.45) is 2.79. The Bertz CT molecular complexity index is 437. The normalized spacial score (nSPS) is 14.7. The zero-order valence-electron chi connectivity index (χ0n) is 10.1. The van der Waals surface area contributed by atoms with Gasteiger partial charge < -0.3 is 5.32 Å². The van der Waals surface area contributed by atoms with Gasteiger partial charge in [-0.1, -0.05) is 23.7 Å². The summed E-state index contributed by atoms with van der Waals surface area (Å²) in [4.78, 5) is 4.25. The van der Waals surface area contributed by atoms with Gasteiger partial charge in [0.2, 0.25) is 5.96 Å². The van der Waals surface area contributed by atoms with Crippen molar-refractivity contribution < 1.29 is 0 Å². The quantitative estimate of drug-likeness (QED) is 0.648. The van der Waals surface area contributed by atoms with Crippen LogP contribution in [0.5, 0.6) is 0 Å². The van der Waals surface area contributed by atoms with Crippen LogP contribution in [-0.4, -0.2) is 25.3 Å². The Balaban J connectivity index is 0.00000162. The lowest BCUT2D eigenvalue weighted by Gasteiger charge is -2.12. The standard InChI is InChI=1S/C12H15ClN4.ClH/c1-9-4-2-5-11(13)10(9)8-16-17-12-14-6-3-7-15-12;/h2,4-5,8H,3,6-7H2,1H3,(H2,14,15,17);1H. The summed E-state index contributed by atoms with van der Waals surface area (Å²) < 4.78 is 0. The van der Waals surface area contributed by atoms with E-state index in [1.165, 1.54) is 0 Å². The summed E-state index contributed by atoms with van der Waals surface area (Å²) in [5.41, 5.74) is 4.90. The second kappa shape index (κ2) is 7.24. The molecule has 18 heavy (non-hydrogen) atoms. The van der Waals surface area contributed by atoms with Crippen molar-refractivity contribution in [3.63, 3.8) is 0 Å². The monoisotopic (exact) mass is 286 g/mol. The third-order valence-electron chi connectivity index (χ3n) is 2.53. The minimum atomic E-state index is 0. The number of benzene rings is 1. The molecule has 2 N–H and O–H groups in total. The number of hydrogen-bond acceptors (Lipinski definition) is 4. The van der Waals surface area contributed by atoms with Crippen LogP contribution in [0, 0.1) is 6.92 Å². The number of hydrazone groups is 1. The van der Waals surface area contributed by atoms with Crippen LogP contribution in [0.3, 0.4) is 0 Å². The fourth-order valence-corrected chi connectivity index (χ4v) is 1.84. The number of guanidine groups is 1. The molecule has 4 nitrogen and oxygen atoms in total. The molecule has 1 aromatic carbocycles. The fourth-order valence-electron chi connectivity index (χ4n) is 1.57. The van der Waals surface area contributed by atoms with Crippen LogP contribution in [0.4, 0.5) is 0 Å². The lowest BCUT2D eigenvalue weighted by Crippen LogP contribution is -2.38. The number of rotatable bonds is 2. The number of hydrogen-bond donors (Lipinski definition) is 2. The molecule has 1 heterocycles. The minimum Gasteiger partial charge on any atom is -0.355 e. The van der Waals surface area contributed by atoms with Crippen molar-refractivity contribution in [3.05, 3.63) is 34.3 Å². The molecule has 1 aliphatic heterocycles. The average molecular weight is 287 g/mol. The van der Waals surface area contributed by atoms with Gasteiger partial charge in [-0.25, -0.2) is 5.43 Å². The molecule has 98 valence electrons. The van der Waals surface area contributed by atoms with E-state index >= 15 is 0 Å². The Morgan fingerprint density at radius 1 is 1.50 bits per heavy atom. The van der Waals surface area contributed by atoms with Crippen molar-refractivity contribution in [2.45, 2.75) is 13.3 Å². The molecule has 6 heteroatoms. The molecular weight excluding hydrogens is 271 g/mol. The number of aryl methyl sites for hydroxylation is 1. The summed E-state index contributed by atoms with van der Waals surface area (Å²) in [6.45, 7) is 3.78. The molecule has 0 saturated carbocycles. The molecule has 0 radical (unpaired) electrons. The van der Waals surface area contributed by atoms with Gasteiger partial charge in [0.1, 0.15) is 0 Å². The van der Waals surface area contributed by atoms with Crippen LogP contribution in [0.25, 0.3) is 0 Å². The summed E-state index contributed by atoms with van der Waals surface area (Å²) in [5.74, 6) is 0.720. The van der Waals surface area contributed by atoms with Gasteiger partial charge in [-0.05, 0) is 25.0 Å². The van der Waals surface area contributed by atoms with Crippen molar-refractivity contribution in [1.82, 2.24) is 10.7 Å². The fraction of sp³-hybridized carbons (Fsp3) is 0.333. The van der Waals surface area contributed by atoms with Gasteiger partial charge in [-0.3, -0.25) is 4.99 Å². The highest BCUT2D eigenvalue weighted by molar-refractivity contribution is 6.33. The smallest absolute Gasteiger partial charge is 0.212 e. The maximum absolute atomic E-state index is 6.09. The molecule has 1 aromatic rings. The zero-order chi connectivity index (χ0) is 12.1. The van der Waals surface area contributed by atoms with E-state index in [1.54, 1.807) is 6.21 Å². The van der Waals surface area contributed by atoms with Crippen LogP contribution >= 0.6 is 24.0 Å². The Morgan fingerprint density at radius 3 is 3.00 bits per heavy atom. The first kappa shape index (κ1) is 14.8. The number of halogens is 2. The van der Waals surface area contributed by atoms with Gasteiger partial charge in [0.05, 0.1) is 6.21 Å². The summed E-state index contributed by atoms with van der Waals surface area (Å²) in [6, 6.07) is 5.78. The molecular formula is C12H16Cl2N4. The highest BCUT2D eigenvalue weighted by atomic mass is 35.5. The minimum absolute atomic E-state index is 0. The third kappa shape index (κ3) is 3.89. The summed E-state index contributed by atoms with van der Waals surface area (Å²) in [7, 11) is 0. The first-order valence-electron chi connectivity index (χ1n) is 5.60. The summed E-state index contributed by atoms with van der Waals surface area (Å²) >= 11 is 6.09. The Labute approximate surface area is 118 Å². The number of nitrogens with one attached hydrogen (secondary N) is 2. The van der Waals surface area contributed by atoms with E-state index in [4.69, 9.17) is 11.6 Å². The van der Waals surface area contributed by atoms with Crippen molar-refractivity contribution in [3.8, 4) is 0 Å². The molecule has 0 atom stereocenters. The van der Waals surface area contributed by atoms with Gasteiger partial charge in [0, 0.05) is 23.7 Å². The first-order chi connectivity index (χ1) is 8.27. The lowest BCUT2D eigenvalue weighted by molar-refractivity contribution is 0.712. The molecule has 0 aliphatic carbocycles. The predicted octanol–water partition coefficient (Wildman–Crippen LogP) is 2.34. The van der Waals surface area contributed by atoms with Crippen molar-refractivity contribution >= 4 is 36.2 Å². The van der Waals surface area contributed by atoms with E-state index in [2.05, 4.69) is 20.8 Å². The molecule has 1 aliphatic rings. The largest absolute Gasteiger partial charge is 0.355 e. The number of aliphatic imine (C=N–C) groups is 1. The van der Waals surface area contributed by atoms with Gasteiger partial charge in [0.25, 0.3) is 0 Å². The van der Waals surface area contributed by atoms with E-state index < -0.39 is 0 Å². The Morgan fingerprint density at radius 2 is 2.33 bits per heavy atom. The van der Waals surface area contributed by atoms with Crippen molar-refractivity contribution in [2.75, 3.05) is 13.1 Å². The molecule has 0 unspecified atom stereocenters. The Kier molecular flexibility index (Phi) is 5.95. The van der Waals surface area contributed by atoms with Crippen LogP contribution in [0.15, 0.2) is 28.3 Å². The van der Waals surface area contributed by atoms with Gasteiger partial charge >= 0.3 is 0 Å².